The van der Waals surface area contributed by atoms with Crippen LogP contribution >= 0.6 is 23.2 Å². The molecule has 2 fully saturated rings. The third kappa shape index (κ3) is 5.00. The second-order valence-electron chi connectivity index (χ2n) is 7.73. The van der Waals surface area contributed by atoms with Crippen molar-refractivity contribution in [3.63, 3.8) is 0 Å². The summed E-state index contributed by atoms with van der Waals surface area (Å²) in [6.45, 7) is 5.39. The Bertz CT molecular complexity index is 699. The number of benzene rings is 1. The number of nitrogens with zero attached hydrogens (tertiary/aromatic N) is 2. The third-order valence-electron chi connectivity index (χ3n) is 5.82. The third-order valence-corrected chi connectivity index (χ3v) is 6.37. The van der Waals surface area contributed by atoms with E-state index in [1.54, 1.807) is 18.2 Å². The van der Waals surface area contributed by atoms with E-state index in [0.29, 0.717) is 47.7 Å². The molecule has 1 aliphatic carbocycles. The molecule has 0 unspecified atom stereocenters. The van der Waals surface area contributed by atoms with Gasteiger partial charge in [-0.15, -0.1) is 0 Å². The van der Waals surface area contributed by atoms with E-state index in [1.807, 2.05) is 4.90 Å². The van der Waals surface area contributed by atoms with Gasteiger partial charge in [-0.3, -0.25) is 14.5 Å². The summed E-state index contributed by atoms with van der Waals surface area (Å²) in [5, 5.41) is 3.98. The van der Waals surface area contributed by atoms with Gasteiger partial charge in [-0.05, 0) is 43.4 Å². The molecule has 1 saturated heterocycles. The summed E-state index contributed by atoms with van der Waals surface area (Å²) in [4.78, 5) is 29.8. The van der Waals surface area contributed by atoms with E-state index in [4.69, 9.17) is 23.2 Å². The molecule has 154 valence electrons. The van der Waals surface area contributed by atoms with E-state index >= 15 is 0 Å². The van der Waals surface area contributed by atoms with Gasteiger partial charge in [0.25, 0.3) is 5.91 Å². The molecule has 1 saturated carbocycles. The summed E-state index contributed by atoms with van der Waals surface area (Å²) in [7, 11) is 0. The second kappa shape index (κ2) is 9.95. The maximum atomic E-state index is 12.8. The van der Waals surface area contributed by atoms with Gasteiger partial charge in [0.15, 0.2) is 0 Å². The molecule has 1 heterocycles. The molecule has 1 atom stereocenters. The Morgan fingerprint density at radius 1 is 1.14 bits per heavy atom. The molecule has 5 nitrogen and oxygen atoms in total. The molecule has 1 aliphatic heterocycles. The Morgan fingerprint density at radius 3 is 2.43 bits per heavy atom. The molecule has 28 heavy (non-hydrogen) atoms. The first-order valence-electron chi connectivity index (χ1n) is 10.3. The van der Waals surface area contributed by atoms with Gasteiger partial charge in [0.1, 0.15) is 0 Å². The summed E-state index contributed by atoms with van der Waals surface area (Å²) in [6, 6.07) is 4.88. The molecule has 7 heteroatoms. The maximum absolute atomic E-state index is 12.8. The number of carbonyl (C=O) groups excluding carboxylic acids is 2. The molecule has 3 rings (SSSR count). The summed E-state index contributed by atoms with van der Waals surface area (Å²) >= 11 is 12.1. The number of hydrogen-bond acceptors (Lipinski definition) is 3. The molecule has 0 bridgehead atoms. The fraction of sp³-hybridized carbons (Fsp3) is 0.619. The molecule has 2 amide bonds. The van der Waals surface area contributed by atoms with E-state index in [9.17, 15) is 9.59 Å². The van der Waals surface area contributed by atoms with Crippen LogP contribution in [0.2, 0.25) is 10.0 Å². The Balaban J connectivity index is 1.64. The Labute approximate surface area is 177 Å². The quantitative estimate of drug-likeness (QED) is 0.752. The van der Waals surface area contributed by atoms with E-state index in [-0.39, 0.29) is 17.9 Å². The van der Waals surface area contributed by atoms with Crippen molar-refractivity contribution in [1.29, 1.82) is 0 Å². The normalized spacial score (nSPS) is 19.6. The average Bonchev–Trinajstić information content (AvgIpc) is 3.21. The molecule has 0 radical (unpaired) electrons. The van der Waals surface area contributed by atoms with Crippen molar-refractivity contribution in [3.05, 3.63) is 33.8 Å². The topological polar surface area (TPSA) is 52.7 Å². The first kappa shape index (κ1) is 21.4. The van der Waals surface area contributed by atoms with Gasteiger partial charge in [-0.1, -0.05) is 43.0 Å². The van der Waals surface area contributed by atoms with Crippen LogP contribution in [0, 0.1) is 5.92 Å². The highest BCUT2D eigenvalue weighted by molar-refractivity contribution is 6.36. The van der Waals surface area contributed by atoms with Crippen LogP contribution in [0.25, 0.3) is 0 Å². The smallest absolute Gasteiger partial charge is 0.255 e. The zero-order valence-corrected chi connectivity index (χ0v) is 17.9. The Hall–Kier alpha value is -1.30. The molecule has 1 aromatic rings. The lowest BCUT2D eigenvalue weighted by molar-refractivity contribution is -0.129. The number of hydrogen-bond donors (Lipinski definition) is 1. The van der Waals surface area contributed by atoms with Crippen LogP contribution in [0.4, 0.5) is 0 Å². The fourth-order valence-electron chi connectivity index (χ4n) is 4.34. The highest BCUT2D eigenvalue weighted by Gasteiger charge is 2.37. The lowest BCUT2D eigenvalue weighted by Crippen LogP contribution is -2.58. The standard InChI is InChI=1S/C21H29Cl2N3O2/c1-2-9-24-20(27)19(15-5-3-4-6-15)25-10-12-26(13-11-25)21(28)17-8-7-16(22)14-18(17)23/h7-8,14-15,19H,2-6,9-13H2,1H3,(H,24,27)/t19-/m0/s1. The first-order valence-corrected chi connectivity index (χ1v) is 11.0. The second-order valence-corrected chi connectivity index (χ2v) is 8.58. The Morgan fingerprint density at radius 2 is 1.82 bits per heavy atom. The van der Waals surface area contributed by atoms with Gasteiger partial charge in [0.2, 0.25) is 5.91 Å². The largest absolute Gasteiger partial charge is 0.355 e. The molecule has 2 aliphatic rings. The molecule has 0 spiro atoms. The van der Waals surface area contributed by atoms with Gasteiger partial charge in [0, 0.05) is 37.7 Å². The monoisotopic (exact) mass is 425 g/mol. The Kier molecular flexibility index (Phi) is 7.61. The van der Waals surface area contributed by atoms with Gasteiger partial charge in [-0.25, -0.2) is 0 Å². The van der Waals surface area contributed by atoms with Crippen LogP contribution in [0.3, 0.4) is 0 Å². The molecule has 1 N–H and O–H groups in total. The molecular weight excluding hydrogens is 397 g/mol. The van der Waals surface area contributed by atoms with Crippen LogP contribution in [0.5, 0.6) is 0 Å². The zero-order chi connectivity index (χ0) is 20.1. The predicted octanol–water partition coefficient (Wildman–Crippen LogP) is 3.84. The maximum Gasteiger partial charge on any atom is 0.255 e. The van der Waals surface area contributed by atoms with Crippen LogP contribution in [-0.4, -0.2) is 60.4 Å². The molecular formula is C21H29Cl2N3O2. The summed E-state index contributed by atoms with van der Waals surface area (Å²) < 4.78 is 0. The van der Waals surface area contributed by atoms with Crippen molar-refractivity contribution in [1.82, 2.24) is 15.1 Å². The van der Waals surface area contributed by atoms with Crippen molar-refractivity contribution < 1.29 is 9.59 Å². The SMILES string of the molecule is CCCNC(=O)[C@H](C1CCCC1)N1CCN(C(=O)c2ccc(Cl)cc2Cl)CC1. The lowest BCUT2D eigenvalue weighted by atomic mass is 9.95. The minimum atomic E-state index is -0.0783. The molecule has 0 aromatic heterocycles. The highest BCUT2D eigenvalue weighted by atomic mass is 35.5. The van der Waals surface area contributed by atoms with Gasteiger partial charge >= 0.3 is 0 Å². The number of amides is 2. The lowest BCUT2D eigenvalue weighted by Gasteiger charge is -2.40. The van der Waals surface area contributed by atoms with Crippen molar-refractivity contribution in [2.75, 3.05) is 32.7 Å². The minimum Gasteiger partial charge on any atom is -0.355 e. The van der Waals surface area contributed by atoms with Crippen molar-refractivity contribution >= 4 is 35.0 Å². The fourth-order valence-corrected chi connectivity index (χ4v) is 4.83. The van der Waals surface area contributed by atoms with Crippen LogP contribution in [0.15, 0.2) is 18.2 Å². The van der Waals surface area contributed by atoms with Crippen LogP contribution in [-0.2, 0) is 4.79 Å². The van der Waals surface area contributed by atoms with Crippen molar-refractivity contribution in [2.24, 2.45) is 5.92 Å². The highest BCUT2D eigenvalue weighted by Crippen LogP contribution is 2.31. The average molecular weight is 426 g/mol. The predicted molar refractivity (Wildman–Crippen MR) is 113 cm³/mol. The summed E-state index contributed by atoms with van der Waals surface area (Å²) in [5.74, 6) is 0.494. The zero-order valence-electron chi connectivity index (χ0n) is 16.4. The van der Waals surface area contributed by atoms with Crippen LogP contribution in [0.1, 0.15) is 49.4 Å². The van der Waals surface area contributed by atoms with Crippen LogP contribution < -0.4 is 5.32 Å². The first-order chi connectivity index (χ1) is 13.5. The number of nitrogens with one attached hydrogen (secondary N) is 1. The van der Waals surface area contributed by atoms with E-state index in [0.717, 1.165) is 25.8 Å². The van der Waals surface area contributed by atoms with Gasteiger partial charge in [-0.2, -0.15) is 0 Å². The van der Waals surface area contributed by atoms with E-state index in [1.165, 1.54) is 12.8 Å². The number of piperazine rings is 1. The van der Waals surface area contributed by atoms with Crippen molar-refractivity contribution in [3.8, 4) is 0 Å². The molecule has 1 aromatic carbocycles. The number of halogens is 2. The number of rotatable bonds is 6. The van der Waals surface area contributed by atoms with E-state index < -0.39 is 0 Å². The van der Waals surface area contributed by atoms with Gasteiger partial charge in [0.05, 0.1) is 16.6 Å². The van der Waals surface area contributed by atoms with Crippen molar-refractivity contribution in [2.45, 2.75) is 45.1 Å². The van der Waals surface area contributed by atoms with Gasteiger partial charge < -0.3 is 10.2 Å². The summed E-state index contributed by atoms with van der Waals surface area (Å²) in [6.07, 6.45) is 5.58. The number of carbonyl (C=O) groups is 2. The van der Waals surface area contributed by atoms with E-state index in [2.05, 4.69) is 17.1 Å². The summed E-state index contributed by atoms with van der Waals surface area (Å²) in [5.41, 5.74) is 0.479. The minimum absolute atomic E-state index is 0.0748.